The van der Waals surface area contributed by atoms with Crippen LogP contribution in [0.2, 0.25) is 0 Å². The first-order valence-corrected chi connectivity index (χ1v) is 8.24. The Labute approximate surface area is 133 Å². The summed E-state index contributed by atoms with van der Waals surface area (Å²) in [5.41, 5.74) is -0.0186. The molecular formula is C14H17N3O5S. The summed E-state index contributed by atoms with van der Waals surface area (Å²) in [7, 11) is -2.59. The second-order valence-corrected chi connectivity index (χ2v) is 6.37. The number of carbonyl (C=O) groups is 1. The number of carboxylic acid groups (broad SMARTS) is 1. The van der Waals surface area contributed by atoms with Crippen LogP contribution in [0, 0.1) is 6.92 Å². The molecule has 8 nitrogen and oxygen atoms in total. The fraction of sp³-hybridized carbons (Fsp3) is 0.286. The molecule has 0 fully saturated rings. The van der Waals surface area contributed by atoms with E-state index in [9.17, 15) is 13.2 Å². The highest BCUT2D eigenvalue weighted by Crippen LogP contribution is 2.28. The number of sulfonamides is 1. The van der Waals surface area contributed by atoms with Crippen molar-refractivity contribution in [2.24, 2.45) is 0 Å². The average molecular weight is 339 g/mol. The molecule has 0 atom stereocenters. The Morgan fingerprint density at radius 1 is 1.43 bits per heavy atom. The van der Waals surface area contributed by atoms with Gasteiger partial charge in [0.15, 0.2) is 5.03 Å². The highest BCUT2D eigenvalue weighted by molar-refractivity contribution is 7.92. The Hall–Kier alpha value is -2.55. The molecule has 124 valence electrons. The second-order valence-electron chi connectivity index (χ2n) is 4.74. The molecule has 0 radical (unpaired) electrons. The van der Waals surface area contributed by atoms with Crippen molar-refractivity contribution in [3.8, 4) is 5.75 Å². The summed E-state index contributed by atoms with van der Waals surface area (Å²) in [6.45, 7) is 4.16. The first-order valence-electron chi connectivity index (χ1n) is 6.76. The van der Waals surface area contributed by atoms with E-state index in [0.29, 0.717) is 12.4 Å². The highest BCUT2D eigenvalue weighted by Gasteiger charge is 2.21. The van der Waals surface area contributed by atoms with Gasteiger partial charge in [0.05, 0.1) is 18.4 Å². The highest BCUT2D eigenvalue weighted by atomic mass is 32.2. The molecule has 0 aliphatic heterocycles. The third kappa shape index (κ3) is 3.45. The van der Waals surface area contributed by atoms with Gasteiger partial charge in [-0.25, -0.2) is 9.78 Å². The molecule has 1 aromatic heterocycles. The van der Waals surface area contributed by atoms with Gasteiger partial charge in [0.2, 0.25) is 0 Å². The number of benzene rings is 1. The van der Waals surface area contributed by atoms with Crippen molar-refractivity contribution >= 4 is 21.7 Å². The van der Waals surface area contributed by atoms with E-state index in [1.54, 1.807) is 11.5 Å². The predicted octanol–water partition coefficient (Wildman–Crippen LogP) is 1.72. The van der Waals surface area contributed by atoms with Gasteiger partial charge in [0.1, 0.15) is 11.6 Å². The number of hydrogen-bond donors (Lipinski definition) is 2. The van der Waals surface area contributed by atoms with Crippen LogP contribution in [0.3, 0.4) is 0 Å². The number of aromatic carboxylic acids is 1. The quantitative estimate of drug-likeness (QED) is 0.829. The van der Waals surface area contributed by atoms with E-state index in [2.05, 4.69) is 9.71 Å². The lowest BCUT2D eigenvalue weighted by atomic mass is 10.2. The first-order chi connectivity index (χ1) is 10.8. The number of methoxy groups -OCH3 is 1. The summed E-state index contributed by atoms with van der Waals surface area (Å²) in [5.74, 6) is -0.386. The van der Waals surface area contributed by atoms with Crippen molar-refractivity contribution in [3.05, 3.63) is 35.8 Å². The number of anilines is 1. The smallest absolute Gasteiger partial charge is 0.335 e. The van der Waals surface area contributed by atoms with E-state index < -0.39 is 16.0 Å². The van der Waals surface area contributed by atoms with E-state index in [4.69, 9.17) is 9.84 Å². The minimum absolute atomic E-state index is 0.0381. The Morgan fingerprint density at radius 2 is 2.13 bits per heavy atom. The Bertz CT molecular complexity index is 842. The van der Waals surface area contributed by atoms with Gasteiger partial charge in [-0.15, -0.1) is 0 Å². The van der Waals surface area contributed by atoms with Crippen LogP contribution in [0.1, 0.15) is 23.1 Å². The van der Waals surface area contributed by atoms with Gasteiger partial charge in [-0.1, -0.05) is 0 Å². The lowest BCUT2D eigenvalue weighted by Gasteiger charge is -2.11. The van der Waals surface area contributed by atoms with Crippen LogP contribution < -0.4 is 9.46 Å². The number of imidazole rings is 1. The Kier molecular flexibility index (Phi) is 4.60. The van der Waals surface area contributed by atoms with Gasteiger partial charge in [-0.3, -0.25) is 4.72 Å². The topological polar surface area (TPSA) is 111 Å². The van der Waals surface area contributed by atoms with Crippen molar-refractivity contribution < 1.29 is 23.1 Å². The zero-order valence-corrected chi connectivity index (χ0v) is 13.7. The number of ether oxygens (including phenoxy) is 1. The molecule has 9 heteroatoms. The fourth-order valence-corrected chi connectivity index (χ4v) is 3.12. The molecular weight excluding hydrogens is 322 g/mol. The van der Waals surface area contributed by atoms with Crippen LogP contribution in [0.4, 0.5) is 5.69 Å². The molecule has 2 rings (SSSR count). The number of nitrogens with zero attached hydrogens (tertiary/aromatic N) is 2. The van der Waals surface area contributed by atoms with Gasteiger partial charge in [-0.05, 0) is 32.0 Å². The molecule has 1 heterocycles. The zero-order valence-electron chi connectivity index (χ0n) is 12.9. The SMILES string of the molecule is CCn1cc(S(=O)(=O)Nc2cc(C(=O)O)ccc2OC)nc1C. The first kappa shape index (κ1) is 16.8. The van der Waals surface area contributed by atoms with E-state index in [1.165, 1.54) is 31.5 Å². The number of aromatic nitrogens is 2. The minimum Gasteiger partial charge on any atom is -0.495 e. The standard InChI is InChI=1S/C14H17N3O5S/c1-4-17-8-13(15-9(17)2)23(20,21)16-11-7-10(14(18)19)5-6-12(11)22-3/h5-8,16H,4H2,1-3H3,(H,18,19). The van der Waals surface area contributed by atoms with Crippen molar-refractivity contribution in [3.63, 3.8) is 0 Å². The van der Waals surface area contributed by atoms with E-state index in [0.717, 1.165) is 0 Å². The molecule has 0 bridgehead atoms. The van der Waals surface area contributed by atoms with Crippen LogP contribution in [0.25, 0.3) is 0 Å². The van der Waals surface area contributed by atoms with Crippen molar-refractivity contribution in [2.45, 2.75) is 25.4 Å². The second kappa shape index (κ2) is 6.29. The third-order valence-corrected chi connectivity index (χ3v) is 4.50. The summed E-state index contributed by atoms with van der Waals surface area (Å²) >= 11 is 0. The third-order valence-electron chi connectivity index (χ3n) is 3.26. The molecule has 0 spiro atoms. The molecule has 0 amide bonds. The predicted molar refractivity (Wildman–Crippen MR) is 83.4 cm³/mol. The van der Waals surface area contributed by atoms with Crippen LogP contribution in [0.5, 0.6) is 5.75 Å². The lowest BCUT2D eigenvalue weighted by Crippen LogP contribution is -2.14. The van der Waals surface area contributed by atoms with Crippen molar-refractivity contribution in [2.75, 3.05) is 11.8 Å². The number of hydrogen-bond acceptors (Lipinski definition) is 5. The lowest BCUT2D eigenvalue weighted by molar-refractivity contribution is 0.0697. The van der Waals surface area contributed by atoms with Crippen LogP contribution in [-0.2, 0) is 16.6 Å². The van der Waals surface area contributed by atoms with Gasteiger partial charge in [-0.2, -0.15) is 8.42 Å². The number of aryl methyl sites for hydroxylation is 2. The largest absolute Gasteiger partial charge is 0.495 e. The molecule has 0 saturated carbocycles. The van der Waals surface area contributed by atoms with E-state index in [1.807, 2.05) is 6.92 Å². The maximum Gasteiger partial charge on any atom is 0.335 e. The van der Waals surface area contributed by atoms with Gasteiger partial charge in [0.25, 0.3) is 10.0 Å². The molecule has 23 heavy (non-hydrogen) atoms. The Balaban J connectivity index is 2.43. The van der Waals surface area contributed by atoms with Gasteiger partial charge < -0.3 is 14.4 Å². The number of nitrogens with one attached hydrogen (secondary N) is 1. The summed E-state index contributed by atoms with van der Waals surface area (Å²) in [6, 6.07) is 3.91. The summed E-state index contributed by atoms with van der Waals surface area (Å²) in [5, 5.41) is 8.89. The molecule has 0 saturated heterocycles. The molecule has 0 aliphatic carbocycles. The minimum atomic E-state index is -3.96. The Morgan fingerprint density at radius 3 is 2.65 bits per heavy atom. The van der Waals surface area contributed by atoms with Crippen molar-refractivity contribution in [1.29, 1.82) is 0 Å². The average Bonchev–Trinajstić information content (AvgIpc) is 2.88. The van der Waals surface area contributed by atoms with Crippen LogP contribution in [0.15, 0.2) is 29.4 Å². The fourth-order valence-electron chi connectivity index (χ4n) is 2.05. The maximum atomic E-state index is 12.4. The van der Waals surface area contributed by atoms with E-state index >= 15 is 0 Å². The zero-order chi connectivity index (χ0) is 17.2. The molecule has 2 aromatic rings. The molecule has 0 unspecified atom stereocenters. The van der Waals surface area contributed by atoms with Gasteiger partial charge >= 0.3 is 5.97 Å². The number of carboxylic acids is 1. The summed E-state index contributed by atoms with van der Waals surface area (Å²) in [6.07, 6.45) is 1.42. The monoisotopic (exact) mass is 339 g/mol. The molecule has 0 aliphatic rings. The maximum absolute atomic E-state index is 12.4. The summed E-state index contributed by atoms with van der Waals surface area (Å²) < 4.78 is 34.0. The summed E-state index contributed by atoms with van der Waals surface area (Å²) in [4.78, 5) is 15.1. The van der Waals surface area contributed by atoms with Crippen LogP contribution >= 0.6 is 0 Å². The van der Waals surface area contributed by atoms with E-state index in [-0.39, 0.29) is 22.0 Å². The van der Waals surface area contributed by atoms with Gasteiger partial charge in [0, 0.05) is 12.7 Å². The van der Waals surface area contributed by atoms with Crippen molar-refractivity contribution in [1.82, 2.24) is 9.55 Å². The van der Waals surface area contributed by atoms with Crippen LogP contribution in [-0.4, -0.2) is 36.2 Å². The number of rotatable bonds is 6. The molecule has 1 aromatic carbocycles. The molecule has 2 N–H and O–H groups in total. The normalized spacial score (nSPS) is 11.3.